The lowest BCUT2D eigenvalue weighted by Gasteiger charge is -2.20. The standard InChI is InChI=1S/C4H7NO/c1-3-2-5-4(3)6/h3H,2H2,1H3,(H,5,6)/t3-/m1/s1. The van der Waals surface area contributed by atoms with Crippen LogP contribution in [0, 0.1) is 5.92 Å². The first kappa shape index (κ1) is 3.65. The first-order valence-corrected chi connectivity index (χ1v) is 2.08. The van der Waals surface area contributed by atoms with Gasteiger partial charge in [0.25, 0.3) is 0 Å². The van der Waals surface area contributed by atoms with Crippen molar-refractivity contribution in [1.29, 1.82) is 0 Å². The molecule has 0 aromatic rings. The SMILES string of the molecule is C[C@@H]1CNC1=O. The molecule has 1 fully saturated rings. The predicted octanol–water partition coefficient (Wildman–Crippen LogP) is -0.248. The quantitative estimate of drug-likeness (QED) is 0.404. The third-order valence-electron chi connectivity index (χ3n) is 1.03. The van der Waals surface area contributed by atoms with Crippen LogP contribution in [0.15, 0.2) is 0 Å². The Morgan fingerprint density at radius 2 is 2.50 bits per heavy atom. The van der Waals surface area contributed by atoms with E-state index in [4.69, 9.17) is 0 Å². The molecule has 2 heteroatoms. The molecule has 1 rings (SSSR count). The number of amides is 1. The van der Waals surface area contributed by atoms with Crippen LogP contribution in [-0.4, -0.2) is 12.5 Å². The lowest BCUT2D eigenvalue weighted by molar-refractivity contribution is -0.130. The highest BCUT2D eigenvalue weighted by atomic mass is 16.2. The second-order valence-corrected chi connectivity index (χ2v) is 1.65. The van der Waals surface area contributed by atoms with Crippen LogP contribution in [0.5, 0.6) is 0 Å². The normalized spacial score (nSPS) is 31.5. The third kappa shape index (κ3) is 0.295. The fourth-order valence-electron chi connectivity index (χ4n) is 0.390. The molecule has 0 saturated carbocycles. The zero-order chi connectivity index (χ0) is 4.57. The Hall–Kier alpha value is -0.530. The van der Waals surface area contributed by atoms with Crippen LogP contribution in [0.1, 0.15) is 6.92 Å². The number of β-lactam (4-membered cyclic amide) rings is 1. The molecule has 1 saturated heterocycles. The van der Waals surface area contributed by atoms with Gasteiger partial charge < -0.3 is 5.32 Å². The van der Waals surface area contributed by atoms with Crippen molar-refractivity contribution in [2.45, 2.75) is 6.92 Å². The Morgan fingerprint density at radius 1 is 2.00 bits per heavy atom. The van der Waals surface area contributed by atoms with Gasteiger partial charge in [-0.1, -0.05) is 6.92 Å². The van der Waals surface area contributed by atoms with E-state index in [1.165, 1.54) is 0 Å². The van der Waals surface area contributed by atoms with Crippen LogP contribution in [0.2, 0.25) is 0 Å². The number of carbonyl (C=O) groups is 1. The molecule has 1 aliphatic heterocycles. The van der Waals surface area contributed by atoms with Gasteiger partial charge in [0, 0.05) is 6.54 Å². The second kappa shape index (κ2) is 0.965. The maximum atomic E-state index is 10.1. The topological polar surface area (TPSA) is 29.1 Å². The van der Waals surface area contributed by atoms with Crippen LogP contribution < -0.4 is 5.32 Å². The first-order chi connectivity index (χ1) is 2.80. The molecule has 1 amide bonds. The van der Waals surface area contributed by atoms with Crippen molar-refractivity contribution in [3.05, 3.63) is 0 Å². The van der Waals surface area contributed by atoms with E-state index in [0.717, 1.165) is 6.54 Å². The molecule has 0 unspecified atom stereocenters. The first-order valence-electron chi connectivity index (χ1n) is 2.08. The summed E-state index contributed by atoms with van der Waals surface area (Å²) in [6.45, 7) is 2.79. The summed E-state index contributed by atoms with van der Waals surface area (Å²) in [5.74, 6) is 0.472. The van der Waals surface area contributed by atoms with E-state index in [1.54, 1.807) is 0 Å². The van der Waals surface area contributed by atoms with Crippen LogP contribution in [0.3, 0.4) is 0 Å². The van der Waals surface area contributed by atoms with Gasteiger partial charge in [-0.25, -0.2) is 0 Å². The smallest absolute Gasteiger partial charge is 0.224 e. The summed E-state index contributed by atoms with van der Waals surface area (Å²) in [7, 11) is 0. The fourth-order valence-corrected chi connectivity index (χ4v) is 0.390. The second-order valence-electron chi connectivity index (χ2n) is 1.65. The molecular formula is C4H7NO. The minimum Gasteiger partial charge on any atom is -0.355 e. The molecule has 0 bridgehead atoms. The molecular weight excluding hydrogens is 78.0 g/mol. The van der Waals surface area contributed by atoms with Gasteiger partial charge in [-0.15, -0.1) is 0 Å². The number of carbonyl (C=O) groups excluding carboxylic acids is 1. The highest BCUT2D eigenvalue weighted by Crippen LogP contribution is 2.00. The third-order valence-corrected chi connectivity index (χ3v) is 1.03. The molecule has 1 N–H and O–H groups in total. The zero-order valence-corrected chi connectivity index (χ0v) is 3.69. The fraction of sp³-hybridized carbons (Fsp3) is 0.750. The Labute approximate surface area is 36.5 Å². The van der Waals surface area contributed by atoms with Gasteiger partial charge in [-0.05, 0) is 0 Å². The van der Waals surface area contributed by atoms with Crippen molar-refractivity contribution < 1.29 is 4.79 Å². The summed E-state index contributed by atoms with van der Waals surface area (Å²) < 4.78 is 0. The van der Waals surface area contributed by atoms with Gasteiger partial charge in [0.05, 0.1) is 5.92 Å². The Kier molecular flexibility index (Phi) is 0.587. The van der Waals surface area contributed by atoms with Crippen molar-refractivity contribution in [3.8, 4) is 0 Å². The van der Waals surface area contributed by atoms with E-state index in [-0.39, 0.29) is 11.8 Å². The largest absolute Gasteiger partial charge is 0.355 e. The van der Waals surface area contributed by atoms with Gasteiger partial charge in [0.1, 0.15) is 0 Å². The highest BCUT2D eigenvalue weighted by molar-refractivity contribution is 5.83. The van der Waals surface area contributed by atoms with Gasteiger partial charge in [-0.3, -0.25) is 4.79 Å². The highest BCUT2D eigenvalue weighted by Gasteiger charge is 2.20. The minimum absolute atomic E-state index is 0.190. The molecule has 6 heavy (non-hydrogen) atoms. The summed E-state index contributed by atoms with van der Waals surface area (Å²) in [5, 5.41) is 2.62. The molecule has 1 atom stereocenters. The number of hydrogen-bond acceptors (Lipinski definition) is 1. The number of nitrogens with one attached hydrogen (secondary N) is 1. The van der Waals surface area contributed by atoms with Gasteiger partial charge in [0.15, 0.2) is 0 Å². The minimum atomic E-state index is 0.190. The van der Waals surface area contributed by atoms with Gasteiger partial charge in [0.2, 0.25) is 5.91 Å². The number of hydrogen-bond donors (Lipinski definition) is 1. The van der Waals surface area contributed by atoms with Crippen molar-refractivity contribution in [3.63, 3.8) is 0 Å². The maximum absolute atomic E-state index is 10.1. The Bertz CT molecular complexity index is 79.6. The summed E-state index contributed by atoms with van der Waals surface area (Å²) >= 11 is 0. The molecule has 1 heterocycles. The lowest BCUT2D eigenvalue weighted by atomic mass is 10.1. The molecule has 2 nitrogen and oxygen atoms in total. The van der Waals surface area contributed by atoms with Crippen molar-refractivity contribution in [1.82, 2.24) is 5.32 Å². The summed E-state index contributed by atoms with van der Waals surface area (Å²) in [6.07, 6.45) is 0. The molecule has 1 aliphatic rings. The molecule has 0 aromatic heterocycles. The van der Waals surface area contributed by atoms with E-state index >= 15 is 0 Å². The lowest BCUT2D eigenvalue weighted by Crippen LogP contribution is -2.46. The van der Waals surface area contributed by atoms with Crippen LogP contribution in [0.25, 0.3) is 0 Å². The van der Waals surface area contributed by atoms with Crippen molar-refractivity contribution >= 4 is 5.91 Å². The Balaban J connectivity index is 2.39. The molecule has 0 radical (unpaired) electrons. The van der Waals surface area contributed by atoms with E-state index in [0.29, 0.717) is 0 Å². The predicted molar refractivity (Wildman–Crippen MR) is 22.2 cm³/mol. The Morgan fingerprint density at radius 3 is 2.50 bits per heavy atom. The van der Waals surface area contributed by atoms with E-state index < -0.39 is 0 Å². The number of rotatable bonds is 0. The van der Waals surface area contributed by atoms with E-state index in [1.807, 2.05) is 6.92 Å². The van der Waals surface area contributed by atoms with Crippen LogP contribution >= 0.6 is 0 Å². The summed E-state index contributed by atoms with van der Waals surface area (Å²) in [4.78, 5) is 10.1. The molecule has 0 aliphatic carbocycles. The van der Waals surface area contributed by atoms with Crippen molar-refractivity contribution in [2.24, 2.45) is 5.92 Å². The van der Waals surface area contributed by atoms with E-state index in [9.17, 15) is 4.79 Å². The van der Waals surface area contributed by atoms with Crippen LogP contribution in [-0.2, 0) is 4.79 Å². The van der Waals surface area contributed by atoms with Crippen molar-refractivity contribution in [2.75, 3.05) is 6.54 Å². The average molecular weight is 85.1 g/mol. The van der Waals surface area contributed by atoms with Crippen LogP contribution in [0.4, 0.5) is 0 Å². The summed E-state index contributed by atoms with van der Waals surface area (Å²) in [6, 6.07) is 0. The van der Waals surface area contributed by atoms with Gasteiger partial charge in [-0.2, -0.15) is 0 Å². The average Bonchev–Trinajstić information content (AvgIpc) is 1.61. The summed E-state index contributed by atoms with van der Waals surface area (Å²) in [5.41, 5.74) is 0. The monoisotopic (exact) mass is 85.1 g/mol. The molecule has 0 spiro atoms. The molecule has 0 aromatic carbocycles. The van der Waals surface area contributed by atoms with Gasteiger partial charge >= 0.3 is 0 Å². The molecule has 34 valence electrons. The maximum Gasteiger partial charge on any atom is 0.224 e. The zero-order valence-electron chi connectivity index (χ0n) is 3.69. The van der Waals surface area contributed by atoms with E-state index in [2.05, 4.69) is 5.32 Å².